The summed E-state index contributed by atoms with van der Waals surface area (Å²) < 4.78 is 27.0. The third-order valence-corrected chi connectivity index (χ3v) is 6.02. The monoisotopic (exact) mass is 335 g/mol. The minimum Gasteiger partial charge on any atom is -0.206 e. The predicted octanol–water partition coefficient (Wildman–Crippen LogP) is 4.09. The van der Waals surface area contributed by atoms with Crippen molar-refractivity contribution >= 4 is 44.6 Å². The molecule has 0 aliphatic carbocycles. The van der Waals surface area contributed by atoms with Gasteiger partial charge < -0.3 is 0 Å². The van der Waals surface area contributed by atoms with Gasteiger partial charge in [-0.15, -0.1) is 11.3 Å². The maximum absolute atomic E-state index is 12.1. The second kappa shape index (κ2) is 5.81. The van der Waals surface area contributed by atoms with Gasteiger partial charge in [-0.2, -0.15) is 0 Å². The summed E-state index contributed by atoms with van der Waals surface area (Å²) in [5.41, 5.74) is 0.686. The van der Waals surface area contributed by atoms with Crippen LogP contribution in [0.3, 0.4) is 0 Å². The van der Waals surface area contributed by atoms with E-state index in [0.717, 1.165) is 0 Å². The molecule has 2 rings (SSSR count). The lowest BCUT2D eigenvalue weighted by atomic mass is 10.1. The maximum atomic E-state index is 12.1. The lowest BCUT2D eigenvalue weighted by Gasteiger charge is -2.15. The van der Waals surface area contributed by atoms with Crippen molar-refractivity contribution in [3.63, 3.8) is 0 Å². The molecule has 7 heteroatoms. The third kappa shape index (κ3) is 3.49. The smallest absolute Gasteiger partial charge is 0.206 e. The molecule has 2 aromatic rings. The molecule has 3 nitrogen and oxygen atoms in total. The Morgan fingerprint density at radius 1 is 1.26 bits per heavy atom. The summed E-state index contributed by atoms with van der Waals surface area (Å²) in [5.74, 6) is 0. The molecule has 1 atom stereocenters. The van der Waals surface area contributed by atoms with Crippen LogP contribution in [0, 0.1) is 0 Å². The van der Waals surface area contributed by atoms with Crippen molar-refractivity contribution in [1.29, 1.82) is 0 Å². The highest BCUT2D eigenvalue weighted by atomic mass is 35.5. The van der Waals surface area contributed by atoms with Crippen LogP contribution in [0.5, 0.6) is 0 Å². The first-order chi connectivity index (χ1) is 8.90. The fraction of sp³-hybridized carbons (Fsp3) is 0.167. The highest BCUT2D eigenvalue weighted by Gasteiger charge is 2.20. The van der Waals surface area contributed by atoms with Gasteiger partial charge in [0.1, 0.15) is 4.21 Å². The summed E-state index contributed by atoms with van der Waals surface area (Å²) >= 11 is 13.0. The van der Waals surface area contributed by atoms with Crippen molar-refractivity contribution in [3.05, 3.63) is 51.3 Å². The molecule has 19 heavy (non-hydrogen) atoms. The van der Waals surface area contributed by atoms with E-state index in [4.69, 9.17) is 23.2 Å². The van der Waals surface area contributed by atoms with Gasteiger partial charge in [0.05, 0.1) is 0 Å². The van der Waals surface area contributed by atoms with Gasteiger partial charge in [-0.1, -0.05) is 35.3 Å². The Balaban J connectivity index is 2.24. The molecule has 0 radical (unpaired) electrons. The van der Waals surface area contributed by atoms with Crippen molar-refractivity contribution < 1.29 is 8.42 Å². The number of hydrogen-bond acceptors (Lipinski definition) is 3. The van der Waals surface area contributed by atoms with Crippen LogP contribution in [-0.2, 0) is 10.0 Å². The van der Waals surface area contributed by atoms with E-state index in [1.165, 1.54) is 11.3 Å². The Hall–Kier alpha value is -0.590. The first-order valence-electron chi connectivity index (χ1n) is 5.41. The molecule has 0 unspecified atom stereocenters. The second-order valence-corrected chi connectivity index (χ2v) is 7.67. The number of sulfonamides is 1. The zero-order chi connectivity index (χ0) is 14.0. The number of halogens is 2. The molecular formula is C12H11Cl2NO2S2. The molecule has 1 heterocycles. The van der Waals surface area contributed by atoms with Gasteiger partial charge in [0.2, 0.25) is 0 Å². The molecule has 1 aromatic heterocycles. The second-order valence-electron chi connectivity index (χ2n) is 3.94. The summed E-state index contributed by atoms with van der Waals surface area (Å²) in [7, 11) is -3.51. The molecule has 0 aliphatic heterocycles. The quantitative estimate of drug-likeness (QED) is 0.914. The van der Waals surface area contributed by atoms with E-state index < -0.39 is 16.1 Å². The molecule has 1 aromatic carbocycles. The van der Waals surface area contributed by atoms with Crippen LogP contribution in [-0.4, -0.2) is 8.42 Å². The van der Waals surface area contributed by atoms with Gasteiger partial charge in [0, 0.05) is 16.1 Å². The SMILES string of the molecule is C[C@@H](NS(=O)(=O)c1cccs1)c1ccc(Cl)cc1Cl. The third-order valence-electron chi connectivity index (χ3n) is 2.52. The van der Waals surface area contributed by atoms with Crippen LogP contribution in [0.25, 0.3) is 0 Å². The summed E-state index contributed by atoms with van der Waals surface area (Å²) in [6, 6.07) is 7.80. The number of nitrogens with one attached hydrogen (secondary N) is 1. The lowest BCUT2D eigenvalue weighted by Crippen LogP contribution is -2.26. The molecule has 0 spiro atoms. The molecule has 0 aliphatic rings. The van der Waals surface area contributed by atoms with Crippen LogP contribution in [0.4, 0.5) is 0 Å². The fourth-order valence-electron chi connectivity index (χ4n) is 1.62. The van der Waals surface area contributed by atoms with E-state index in [2.05, 4.69) is 4.72 Å². The highest BCUT2D eigenvalue weighted by molar-refractivity contribution is 7.91. The molecule has 102 valence electrons. The zero-order valence-corrected chi connectivity index (χ0v) is 13.1. The van der Waals surface area contributed by atoms with E-state index >= 15 is 0 Å². The molecule has 0 amide bonds. The van der Waals surface area contributed by atoms with E-state index in [1.54, 1.807) is 42.6 Å². The van der Waals surface area contributed by atoms with Crippen LogP contribution in [0.2, 0.25) is 10.0 Å². The zero-order valence-electron chi connectivity index (χ0n) is 9.93. The maximum Gasteiger partial charge on any atom is 0.250 e. The van der Waals surface area contributed by atoms with E-state index in [9.17, 15) is 8.42 Å². The Bertz CT molecular complexity index is 669. The largest absolute Gasteiger partial charge is 0.250 e. The molecular weight excluding hydrogens is 325 g/mol. The minimum atomic E-state index is -3.51. The topological polar surface area (TPSA) is 46.2 Å². The van der Waals surface area contributed by atoms with Crippen molar-refractivity contribution in [2.24, 2.45) is 0 Å². The van der Waals surface area contributed by atoms with Gasteiger partial charge >= 0.3 is 0 Å². The average molecular weight is 336 g/mol. The fourth-order valence-corrected chi connectivity index (χ4v) is 4.43. The summed E-state index contributed by atoms with van der Waals surface area (Å²) in [5, 5.41) is 2.67. The Kier molecular flexibility index (Phi) is 4.53. The molecule has 0 bridgehead atoms. The van der Waals surface area contributed by atoms with Crippen LogP contribution < -0.4 is 4.72 Å². The van der Waals surface area contributed by atoms with Crippen molar-refractivity contribution in [1.82, 2.24) is 4.72 Å². The van der Waals surface area contributed by atoms with Gasteiger partial charge in [0.25, 0.3) is 10.0 Å². The van der Waals surface area contributed by atoms with Crippen LogP contribution in [0.15, 0.2) is 39.9 Å². The summed E-state index contributed by atoms with van der Waals surface area (Å²) in [4.78, 5) is 0. The first kappa shape index (κ1) is 14.8. The molecule has 0 fully saturated rings. The van der Waals surface area contributed by atoms with Crippen LogP contribution >= 0.6 is 34.5 Å². The minimum absolute atomic E-state index is 0.282. The van der Waals surface area contributed by atoms with E-state index in [0.29, 0.717) is 15.6 Å². The normalized spacial score (nSPS) is 13.4. The predicted molar refractivity (Wildman–Crippen MR) is 79.5 cm³/mol. The van der Waals surface area contributed by atoms with Crippen molar-refractivity contribution in [3.8, 4) is 0 Å². The molecule has 0 saturated carbocycles. The first-order valence-corrected chi connectivity index (χ1v) is 8.53. The van der Waals surface area contributed by atoms with E-state index in [1.807, 2.05) is 0 Å². The average Bonchev–Trinajstić information content (AvgIpc) is 2.81. The highest BCUT2D eigenvalue weighted by Crippen LogP contribution is 2.27. The van der Waals surface area contributed by atoms with Crippen molar-refractivity contribution in [2.75, 3.05) is 0 Å². The van der Waals surface area contributed by atoms with Gasteiger partial charge in [-0.3, -0.25) is 0 Å². The molecule has 0 saturated heterocycles. The Labute approximate surface area is 126 Å². The van der Waals surface area contributed by atoms with Gasteiger partial charge in [-0.05, 0) is 36.1 Å². The summed E-state index contributed by atoms with van der Waals surface area (Å²) in [6.07, 6.45) is 0. The Morgan fingerprint density at radius 2 is 2.00 bits per heavy atom. The summed E-state index contributed by atoms with van der Waals surface area (Å²) in [6.45, 7) is 1.74. The van der Waals surface area contributed by atoms with Gasteiger partial charge in [0.15, 0.2) is 0 Å². The standard InChI is InChI=1S/C12H11Cl2NO2S2/c1-8(10-5-4-9(13)7-11(10)14)15-19(16,17)12-3-2-6-18-12/h2-8,15H,1H3/t8-/m1/s1. The number of benzene rings is 1. The molecule has 1 N–H and O–H groups in total. The van der Waals surface area contributed by atoms with Gasteiger partial charge in [-0.25, -0.2) is 13.1 Å². The number of rotatable bonds is 4. The number of hydrogen-bond donors (Lipinski definition) is 1. The lowest BCUT2D eigenvalue weighted by molar-refractivity contribution is 0.569. The van der Waals surface area contributed by atoms with Crippen molar-refractivity contribution in [2.45, 2.75) is 17.2 Å². The number of thiophene rings is 1. The van der Waals surface area contributed by atoms with Crippen LogP contribution in [0.1, 0.15) is 18.5 Å². The Morgan fingerprint density at radius 3 is 2.58 bits per heavy atom. The van der Waals surface area contributed by atoms with E-state index in [-0.39, 0.29) is 4.21 Å².